The summed E-state index contributed by atoms with van der Waals surface area (Å²) >= 11 is 0. The molecule has 0 radical (unpaired) electrons. The molecule has 2 heterocycles. The first-order chi connectivity index (χ1) is 17.0. The highest BCUT2D eigenvalue weighted by molar-refractivity contribution is 5.73. The van der Waals surface area contributed by atoms with E-state index in [1.54, 1.807) is 13.1 Å². The molecule has 0 aliphatic carbocycles. The number of carbonyl (C=O) groups is 2. The molecule has 1 N–H and O–H groups in total. The molecule has 2 amide bonds. The van der Waals surface area contributed by atoms with Crippen molar-refractivity contribution in [2.75, 3.05) is 26.2 Å². The van der Waals surface area contributed by atoms with Gasteiger partial charge < -0.3 is 10.2 Å². The minimum absolute atomic E-state index is 0.0695. The van der Waals surface area contributed by atoms with Crippen LogP contribution < -0.4 is 5.32 Å². The molecule has 1 unspecified atom stereocenters. The molecule has 4 rings (SSSR count). The van der Waals surface area contributed by atoms with Gasteiger partial charge in [-0.05, 0) is 24.1 Å². The summed E-state index contributed by atoms with van der Waals surface area (Å²) < 4.78 is 0. The third kappa shape index (κ3) is 6.98. The SMILES string of the molecule is CC(=O)N1CCN(C(C#N)c2cccnc2C)CC1.O=CNC(c1ccccc1)c1ccccc1. The Morgan fingerprint density at radius 1 is 0.971 bits per heavy atom. The molecule has 0 bridgehead atoms. The summed E-state index contributed by atoms with van der Waals surface area (Å²) in [6.45, 7) is 6.34. The molecule has 1 aliphatic rings. The van der Waals surface area contributed by atoms with Crippen molar-refractivity contribution in [2.24, 2.45) is 0 Å². The summed E-state index contributed by atoms with van der Waals surface area (Å²) in [7, 11) is 0. The predicted molar refractivity (Wildman–Crippen MR) is 135 cm³/mol. The Morgan fingerprint density at radius 3 is 2.00 bits per heavy atom. The summed E-state index contributed by atoms with van der Waals surface area (Å²) in [5, 5.41) is 12.3. The fourth-order valence-electron chi connectivity index (χ4n) is 4.17. The number of pyridine rings is 1. The number of nitrogens with zero attached hydrogens (tertiary/aromatic N) is 4. The Kier molecular flexibility index (Phi) is 9.52. The first-order valence-electron chi connectivity index (χ1n) is 11.7. The second-order valence-corrected chi connectivity index (χ2v) is 8.29. The number of piperazine rings is 1. The number of benzene rings is 2. The largest absolute Gasteiger partial charge is 0.348 e. The minimum Gasteiger partial charge on any atom is -0.348 e. The van der Waals surface area contributed by atoms with E-state index in [0.29, 0.717) is 13.1 Å². The van der Waals surface area contributed by atoms with E-state index in [2.05, 4.69) is 21.3 Å². The quantitative estimate of drug-likeness (QED) is 0.557. The molecule has 1 saturated heterocycles. The number of aromatic nitrogens is 1. The van der Waals surface area contributed by atoms with Gasteiger partial charge >= 0.3 is 0 Å². The van der Waals surface area contributed by atoms with Crippen molar-refractivity contribution in [1.82, 2.24) is 20.1 Å². The monoisotopic (exact) mass is 469 g/mol. The Labute approximate surface area is 207 Å². The van der Waals surface area contributed by atoms with Gasteiger partial charge in [-0.25, -0.2) is 0 Å². The average molecular weight is 470 g/mol. The molecule has 7 nitrogen and oxygen atoms in total. The maximum atomic E-state index is 11.3. The van der Waals surface area contributed by atoms with E-state index >= 15 is 0 Å². The van der Waals surface area contributed by atoms with E-state index in [0.717, 1.165) is 41.9 Å². The van der Waals surface area contributed by atoms with E-state index in [4.69, 9.17) is 0 Å². The Balaban J connectivity index is 0.000000198. The number of hydrogen-bond donors (Lipinski definition) is 1. The van der Waals surface area contributed by atoms with Crippen LogP contribution in [0.15, 0.2) is 79.0 Å². The van der Waals surface area contributed by atoms with E-state index in [-0.39, 0.29) is 18.0 Å². The molecule has 7 heteroatoms. The summed E-state index contributed by atoms with van der Waals surface area (Å²) in [4.78, 5) is 30.1. The normalized spacial score (nSPS) is 14.3. The van der Waals surface area contributed by atoms with Crippen LogP contribution in [0.2, 0.25) is 0 Å². The van der Waals surface area contributed by atoms with E-state index in [1.807, 2.05) is 84.6 Å². The van der Waals surface area contributed by atoms with Crippen molar-refractivity contribution in [3.05, 3.63) is 101 Å². The van der Waals surface area contributed by atoms with E-state index < -0.39 is 0 Å². The van der Waals surface area contributed by atoms with Gasteiger partial charge in [0.15, 0.2) is 0 Å². The van der Waals surface area contributed by atoms with E-state index in [9.17, 15) is 14.9 Å². The smallest absolute Gasteiger partial charge is 0.219 e. The van der Waals surface area contributed by atoms with Crippen molar-refractivity contribution in [2.45, 2.75) is 25.9 Å². The number of nitriles is 1. The highest BCUT2D eigenvalue weighted by Gasteiger charge is 2.26. The summed E-state index contributed by atoms with van der Waals surface area (Å²) in [5.41, 5.74) is 4.02. The van der Waals surface area contributed by atoms with Crippen LogP contribution in [0, 0.1) is 18.3 Å². The van der Waals surface area contributed by atoms with Crippen LogP contribution in [-0.2, 0) is 9.59 Å². The third-order valence-electron chi connectivity index (χ3n) is 6.09. The standard InChI is InChI=1S/C14H18N4O.C14H13NO/c1-11-13(4-3-5-16-11)14(10-15)18-8-6-17(7-9-18)12(2)19;16-11-15-14(12-7-3-1-4-8-12)13-9-5-2-6-10-13/h3-5,14H,6-9H2,1-2H3;1-11,14H,(H,15,16). The van der Waals surface area contributed by atoms with Crippen molar-refractivity contribution in [3.63, 3.8) is 0 Å². The summed E-state index contributed by atoms with van der Waals surface area (Å²) in [6.07, 6.45) is 2.48. The number of carbonyl (C=O) groups excluding carboxylic acids is 2. The highest BCUT2D eigenvalue weighted by atomic mass is 16.2. The molecule has 0 spiro atoms. The first-order valence-corrected chi connectivity index (χ1v) is 11.7. The summed E-state index contributed by atoms with van der Waals surface area (Å²) in [5.74, 6) is 0.103. The zero-order valence-corrected chi connectivity index (χ0v) is 20.2. The van der Waals surface area contributed by atoms with Crippen molar-refractivity contribution in [3.8, 4) is 6.07 Å². The zero-order chi connectivity index (χ0) is 25.0. The van der Waals surface area contributed by atoms with Gasteiger partial charge in [0.25, 0.3) is 0 Å². The Morgan fingerprint density at radius 2 is 1.54 bits per heavy atom. The topological polar surface area (TPSA) is 89.3 Å². The van der Waals surface area contributed by atoms with Crippen LogP contribution in [0.1, 0.15) is 41.4 Å². The fraction of sp³-hybridized carbons (Fsp3) is 0.286. The van der Waals surface area contributed by atoms with Gasteiger partial charge in [0.05, 0.1) is 12.1 Å². The zero-order valence-electron chi connectivity index (χ0n) is 20.2. The number of rotatable bonds is 6. The number of nitrogens with one attached hydrogen (secondary N) is 1. The molecular formula is C28H31N5O2. The van der Waals surface area contributed by atoms with Crippen LogP contribution in [0.3, 0.4) is 0 Å². The number of hydrogen-bond acceptors (Lipinski definition) is 5. The Bertz CT molecular complexity index is 1080. The molecular weight excluding hydrogens is 438 g/mol. The lowest BCUT2D eigenvalue weighted by Crippen LogP contribution is -2.49. The highest BCUT2D eigenvalue weighted by Crippen LogP contribution is 2.23. The van der Waals surface area contributed by atoms with Crippen LogP contribution in [0.5, 0.6) is 0 Å². The van der Waals surface area contributed by atoms with Crippen LogP contribution in [0.25, 0.3) is 0 Å². The first kappa shape index (κ1) is 25.6. The summed E-state index contributed by atoms with van der Waals surface area (Å²) in [6, 6.07) is 25.7. The molecule has 1 aliphatic heterocycles. The minimum atomic E-state index is -0.275. The third-order valence-corrected chi connectivity index (χ3v) is 6.09. The lowest BCUT2D eigenvalue weighted by atomic mass is 9.99. The van der Waals surface area contributed by atoms with E-state index in [1.165, 1.54) is 0 Å². The second kappa shape index (κ2) is 13.0. The van der Waals surface area contributed by atoms with Gasteiger partial charge in [-0.2, -0.15) is 5.26 Å². The number of amides is 2. The average Bonchev–Trinajstić information content (AvgIpc) is 2.90. The maximum Gasteiger partial charge on any atom is 0.219 e. The molecule has 1 fully saturated rings. The molecule has 1 aromatic heterocycles. The molecule has 0 saturated carbocycles. The van der Waals surface area contributed by atoms with Crippen molar-refractivity contribution < 1.29 is 9.59 Å². The van der Waals surface area contributed by atoms with Gasteiger partial charge in [-0.15, -0.1) is 0 Å². The predicted octanol–water partition coefficient (Wildman–Crippen LogP) is 3.64. The van der Waals surface area contributed by atoms with Gasteiger partial charge in [0, 0.05) is 50.6 Å². The van der Waals surface area contributed by atoms with Crippen LogP contribution in [-0.4, -0.2) is 53.3 Å². The van der Waals surface area contributed by atoms with Crippen LogP contribution in [0.4, 0.5) is 0 Å². The van der Waals surface area contributed by atoms with Gasteiger partial charge in [-0.3, -0.25) is 19.5 Å². The lowest BCUT2D eigenvalue weighted by Gasteiger charge is -2.36. The molecule has 2 aromatic carbocycles. The van der Waals surface area contributed by atoms with Gasteiger partial charge in [-0.1, -0.05) is 66.7 Å². The van der Waals surface area contributed by atoms with Crippen molar-refractivity contribution in [1.29, 1.82) is 5.26 Å². The molecule has 3 aromatic rings. The van der Waals surface area contributed by atoms with Gasteiger partial charge in [0.1, 0.15) is 6.04 Å². The maximum absolute atomic E-state index is 11.3. The van der Waals surface area contributed by atoms with Crippen molar-refractivity contribution >= 4 is 12.3 Å². The Hall–Kier alpha value is -4.02. The fourth-order valence-corrected chi connectivity index (χ4v) is 4.17. The molecule has 1 atom stereocenters. The lowest BCUT2D eigenvalue weighted by molar-refractivity contribution is -0.130. The second-order valence-electron chi connectivity index (χ2n) is 8.29. The van der Waals surface area contributed by atoms with Gasteiger partial charge in [0.2, 0.25) is 12.3 Å². The van der Waals surface area contributed by atoms with Crippen LogP contribution >= 0.6 is 0 Å². The molecule has 35 heavy (non-hydrogen) atoms. The number of aryl methyl sites for hydroxylation is 1. The molecule has 180 valence electrons.